The molecule has 7 nitrogen and oxygen atoms in total. The summed E-state index contributed by atoms with van der Waals surface area (Å²) in [7, 11) is -4.01. The average Bonchev–Trinajstić information content (AvgIpc) is 2.89. The van der Waals surface area contributed by atoms with Crippen molar-refractivity contribution in [2.45, 2.75) is 32.4 Å². The summed E-state index contributed by atoms with van der Waals surface area (Å²) in [5, 5.41) is 3.42. The van der Waals surface area contributed by atoms with E-state index in [1.54, 1.807) is 18.2 Å². The van der Waals surface area contributed by atoms with Crippen LogP contribution in [-0.4, -0.2) is 50.5 Å². The van der Waals surface area contributed by atoms with Crippen molar-refractivity contribution in [2.24, 2.45) is 0 Å². The van der Waals surface area contributed by atoms with Gasteiger partial charge in [0.05, 0.1) is 11.9 Å². The molecule has 0 saturated heterocycles. The third-order valence-corrected chi connectivity index (χ3v) is 7.83. The van der Waals surface area contributed by atoms with Crippen LogP contribution in [0.5, 0.6) is 0 Å². The van der Waals surface area contributed by atoms with Crippen molar-refractivity contribution >= 4 is 50.7 Å². The first-order chi connectivity index (χ1) is 18.5. The molecule has 0 heterocycles. The van der Waals surface area contributed by atoms with Crippen molar-refractivity contribution in [3.05, 3.63) is 99.8 Å². The van der Waals surface area contributed by atoms with Gasteiger partial charge in [-0.1, -0.05) is 72.6 Å². The van der Waals surface area contributed by atoms with E-state index in [0.717, 1.165) is 22.2 Å². The van der Waals surface area contributed by atoms with Crippen LogP contribution in [0.2, 0.25) is 10.0 Å². The van der Waals surface area contributed by atoms with Gasteiger partial charge in [0.25, 0.3) is 0 Å². The molecule has 11 heteroatoms. The molecule has 0 fully saturated rings. The van der Waals surface area contributed by atoms with Crippen molar-refractivity contribution in [3.8, 4) is 0 Å². The molecule has 3 aromatic carbocycles. The van der Waals surface area contributed by atoms with E-state index in [1.807, 2.05) is 37.3 Å². The second-order valence-corrected chi connectivity index (χ2v) is 11.7. The van der Waals surface area contributed by atoms with Crippen LogP contribution < -0.4 is 9.62 Å². The Bertz CT molecular complexity index is 1390. The van der Waals surface area contributed by atoms with Crippen molar-refractivity contribution in [3.63, 3.8) is 0 Å². The summed E-state index contributed by atoms with van der Waals surface area (Å²) in [5.41, 5.74) is 1.19. The highest BCUT2D eigenvalue weighted by Crippen LogP contribution is 2.28. The van der Waals surface area contributed by atoms with Crippen molar-refractivity contribution in [1.29, 1.82) is 0 Å². The monoisotopic (exact) mass is 593 g/mol. The largest absolute Gasteiger partial charge is 0.354 e. The van der Waals surface area contributed by atoms with E-state index in [0.29, 0.717) is 18.5 Å². The highest BCUT2D eigenvalue weighted by molar-refractivity contribution is 7.92. The maximum atomic E-state index is 14.0. The lowest BCUT2D eigenvalue weighted by atomic mass is 10.0. The summed E-state index contributed by atoms with van der Waals surface area (Å²) in [6.45, 7) is 1.46. The molecule has 0 bridgehead atoms. The minimum Gasteiger partial charge on any atom is -0.354 e. The summed E-state index contributed by atoms with van der Waals surface area (Å²) >= 11 is 12.9. The van der Waals surface area contributed by atoms with Gasteiger partial charge < -0.3 is 10.2 Å². The van der Waals surface area contributed by atoms with Crippen LogP contribution in [0.4, 0.5) is 10.1 Å². The van der Waals surface area contributed by atoms with Gasteiger partial charge in [-0.25, -0.2) is 12.8 Å². The smallest absolute Gasteiger partial charge is 0.244 e. The molecule has 1 N–H and O–H groups in total. The molecule has 0 aliphatic heterocycles. The fraction of sp³-hybridized carbons (Fsp3) is 0.286. The number of hydrogen-bond acceptors (Lipinski definition) is 4. The Morgan fingerprint density at radius 1 is 0.974 bits per heavy atom. The zero-order valence-corrected chi connectivity index (χ0v) is 23.9. The van der Waals surface area contributed by atoms with Crippen LogP contribution >= 0.6 is 23.2 Å². The molecule has 0 spiro atoms. The highest BCUT2D eigenvalue weighted by Gasteiger charge is 2.33. The van der Waals surface area contributed by atoms with Gasteiger partial charge in [0.1, 0.15) is 18.4 Å². The summed E-state index contributed by atoms with van der Waals surface area (Å²) in [6.07, 6.45) is 1.76. The zero-order valence-electron chi connectivity index (χ0n) is 21.6. The lowest BCUT2D eigenvalue weighted by Crippen LogP contribution is -2.53. The lowest BCUT2D eigenvalue weighted by molar-refractivity contribution is -0.140. The Morgan fingerprint density at radius 2 is 1.62 bits per heavy atom. The number of carbonyl (C=O) groups is 2. The predicted molar refractivity (Wildman–Crippen MR) is 153 cm³/mol. The summed E-state index contributed by atoms with van der Waals surface area (Å²) in [4.78, 5) is 28.7. The van der Waals surface area contributed by atoms with Gasteiger partial charge in [0, 0.05) is 35.1 Å². The number of benzene rings is 3. The molecule has 39 heavy (non-hydrogen) atoms. The number of halogens is 3. The molecule has 1 atom stereocenters. The number of rotatable bonds is 12. The molecule has 1 unspecified atom stereocenters. The molecule has 0 radical (unpaired) electrons. The van der Waals surface area contributed by atoms with Gasteiger partial charge in [0.15, 0.2) is 0 Å². The van der Waals surface area contributed by atoms with Crippen molar-refractivity contribution in [2.75, 3.05) is 23.7 Å². The molecule has 208 valence electrons. The van der Waals surface area contributed by atoms with Crippen LogP contribution in [0.1, 0.15) is 24.5 Å². The van der Waals surface area contributed by atoms with Gasteiger partial charge in [-0.15, -0.1) is 0 Å². The number of sulfonamides is 1. The molecule has 0 saturated carbocycles. The summed E-state index contributed by atoms with van der Waals surface area (Å²) in [6, 6.07) is 18.0. The molecule has 3 rings (SSSR count). The average molecular weight is 595 g/mol. The Kier molecular flexibility index (Phi) is 10.7. The third kappa shape index (κ3) is 8.42. The van der Waals surface area contributed by atoms with Gasteiger partial charge in [-0.05, 0) is 42.3 Å². The van der Waals surface area contributed by atoms with Gasteiger partial charge in [-0.3, -0.25) is 13.9 Å². The molecule has 3 aromatic rings. The van der Waals surface area contributed by atoms with Gasteiger partial charge in [0.2, 0.25) is 21.8 Å². The van der Waals surface area contributed by atoms with Crippen LogP contribution in [0.25, 0.3) is 0 Å². The zero-order chi connectivity index (χ0) is 28.6. The fourth-order valence-corrected chi connectivity index (χ4v) is 5.38. The maximum absolute atomic E-state index is 14.0. The SMILES string of the molecule is CCCNC(=O)C(Cc1ccccc1)N(Cc1c(Cl)cccc1Cl)C(=O)CN(c1cccc(F)c1)S(C)(=O)=O. The minimum atomic E-state index is -4.01. The number of amides is 2. The van der Waals surface area contributed by atoms with E-state index in [1.165, 1.54) is 23.1 Å². The summed E-state index contributed by atoms with van der Waals surface area (Å²) < 4.78 is 40.2. The van der Waals surface area contributed by atoms with E-state index in [2.05, 4.69) is 5.32 Å². The van der Waals surface area contributed by atoms with E-state index >= 15 is 0 Å². The molecule has 2 amide bonds. The molecule has 0 aromatic heterocycles. The topological polar surface area (TPSA) is 86.8 Å². The molecular weight excluding hydrogens is 564 g/mol. The van der Waals surface area contributed by atoms with Crippen LogP contribution in [0.15, 0.2) is 72.8 Å². The Labute approximate surface area is 238 Å². The predicted octanol–water partition coefficient (Wildman–Crippen LogP) is 5.06. The number of nitrogens with zero attached hydrogens (tertiary/aromatic N) is 2. The number of carbonyl (C=O) groups excluding carboxylic acids is 2. The van der Waals surface area contributed by atoms with Crippen LogP contribution in [0, 0.1) is 5.82 Å². The first kappa shape index (κ1) is 30.4. The van der Waals surface area contributed by atoms with Gasteiger partial charge in [-0.2, -0.15) is 0 Å². The molecule has 0 aliphatic rings. The highest BCUT2D eigenvalue weighted by atomic mass is 35.5. The Morgan fingerprint density at radius 3 is 2.21 bits per heavy atom. The van der Waals surface area contributed by atoms with Crippen LogP contribution in [-0.2, 0) is 32.6 Å². The number of anilines is 1. The van der Waals surface area contributed by atoms with Crippen molar-refractivity contribution < 1.29 is 22.4 Å². The van der Waals surface area contributed by atoms with E-state index in [4.69, 9.17) is 23.2 Å². The number of nitrogens with one attached hydrogen (secondary N) is 1. The third-order valence-electron chi connectivity index (χ3n) is 5.99. The summed E-state index contributed by atoms with van der Waals surface area (Å²) in [5.74, 6) is -1.75. The number of hydrogen-bond donors (Lipinski definition) is 1. The van der Waals surface area contributed by atoms with Crippen molar-refractivity contribution in [1.82, 2.24) is 10.2 Å². The second kappa shape index (κ2) is 13.8. The van der Waals surface area contributed by atoms with E-state index < -0.39 is 40.2 Å². The minimum absolute atomic E-state index is 0.0170. The first-order valence-corrected chi connectivity index (χ1v) is 14.9. The quantitative estimate of drug-likeness (QED) is 0.318. The molecule has 0 aliphatic carbocycles. The maximum Gasteiger partial charge on any atom is 0.244 e. The Balaban J connectivity index is 2.09. The normalized spacial score (nSPS) is 12.0. The molecular formula is C28H30Cl2FN3O4S. The lowest BCUT2D eigenvalue weighted by Gasteiger charge is -2.34. The van der Waals surface area contributed by atoms with E-state index in [-0.39, 0.29) is 28.7 Å². The fourth-order valence-electron chi connectivity index (χ4n) is 4.02. The second-order valence-electron chi connectivity index (χ2n) is 8.97. The first-order valence-electron chi connectivity index (χ1n) is 12.3. The van der Waals surface area contributed by atoms with Gasteiger partial charge >= 0.3 is 0 Å². The Hall–Kier alpha value is -3.14. The van der Waals surface area contributed by atoms with Crippen LogP contribution in [0.3, 0.4) is 0 Å². The standard InChI is InChI=1S/C28H30Cl2FN3O4S/c1-3-15-32-28(36)26(16-20-9-5-4-6-10-20)33(18-23-24(29)13-8-14-25(23)30)27(35)19-34(39(2,37)38)22-12-7-11-21(31)17-22/h4-14,17,26H,3,15-16,18-19H2,1-2H3,(H,32,36). The van der Waals surface area contributed by atoms with E-state index in [9.17, 15) is 22.4 Å².